The predicted molar refractivity (Wildman–Crippen MR) is 44.1 cm³/mol. The Morgan fingerprint density at radius 2 is 2.09 bits per heavy atom. The van der Waals surface area contributed by atoms with Gasteiger partial charge in [0, 0.05) is 13.7 Å². The number of hydrogen-bond acceptors (Lipinski definition) is 4. The zero-order chi connectivity index (χ0) is 8.36. The standard InChI is InChI=1S/C7H18N2O2/c1-3-11-9-6-4-5-8-7-10-2/h8-9H,3-7H2,1-2H3. The minimum Gasteiger partial charge on any atom is -0.370 e. The summed E-state index contributed by atoms with van der Waals surface area (Å²) in [7, 11) is 1.67. The second kappa shape index (κ2) is 9.84. The Bertz CT molecular complexity index is 63.5. The number of hydroxylamine groups is 1. The monoisotopic (exact) mass is 162 g/mol. The van der Waals surface area contributed by atoms with Gasteiger partial charge in [-0.05, 0) is 19.9 Å². The molecule has 11 heavy (non-hydrogen) atoms. The van der Waals surface area contributed by atoms with E-state index in [1.807, 2.05) is 6.92 Å². The Morgan fingerprint density at radius 3 is 2.73 bits per heavy atom. The van der Waals surface area contributed by atoms with Gasteiger partial charge in [-0.1, -0.05) is 0 Å². The Hall–Kier alpha value is -0.160. The van der Waals surface area contributed by atoms with Crippen molar-refractivity contribution >= 4 is 0 Å². The molecule has 0 saturated heterocycles. The van der Waals surface area contributed by atoms with Gasteiger partial charge in [-0.3, -0.25) is 5.32 Å². The van der Waals surface area contributed by atoms with E-state index >= 15 is 0 Å². The second-order valence-corrected chi connectivity index (χ2v) is 2.11. The largest absolute Gasteiger partial charge is 0.370 e. The fraction of sp³-hybridized carbons (Fsp3) is 1.00. The third-order valence-corrected chi connectivity index (χ3v) is 1.13. The van der Waals surface area contributed by atoms with Crippen molar-refractivity contribution in [2.24, 2.45) is 0 Å². The third kappa shape index (κ3) is 9.84. The van der Waals surface area contributed by atoms with Crippen molar-refractivity contribution in [2.45, 2.75) is 13.3 Å². The molecule has 0 aromatic rings. The van der Waals surface area contributed by atoms with E-state index in [2.05, 4.69) is 10.8 Å². The highest BCUT2D eigenvalue weighted by Gasteiger charge is 1.86. The summed E-state index contributed by atoms with van der Waals surface area (Å²) in [5.41, 5.74) is 2.83. The lowest BCUT2D eigenvalue weighted by molar-refractivity contribution is 0.0500. The molecule has 0 aliphatic rings. The van der Waals surface area contributed by atoms with Crippen molar-refractivity contribution in [3.05, 3.63) is 0 Å². The lowest BCUT2D eigenvalue weighted by atomic mass is 10.4. The minimum absolute atomic E-state index is 0.620. The summed E-state index contributed by atoms with van der Waals surface area (Å²) in [6.45, 7) is 5.12. The van der Waals surface area contributed by atoms with Crippen LogP contribution in [-0.4, -0.2) is 33.5 Å². The molecule has 4 nitrogen and oxygen atoms in total. The SMILES string of the molecule is CCONCCCNCOC. The van der Waals surface area contributed by atoms with Crippen molar-refractivity contribution in [3.8, 4) is 0 Å². The molecule has 0 radical (unpaired) electrons. The third-order valence-electron chi connectivity index (χ3n) is 1.13. The molecule has 0 aliphatic heterocycles. The molecule has 0 saturated carbocycles. The molecule has 0 spiro atoms. The zero-order valence-corrected chi connectivity index (χ0v) is 7.35. The molecule has 0 atom stereocenters. The first-order valence-corrected chi connectivity index (χ1v) is 3.96. The summed E-state index contributed by atoms with van der Waals surface area (Å²) in [6.07, 6.45) is 1.04. The summed E-state index contributed by atoms with van der Waals surface area (Å²) < 4.78 is 4.81. The predicted octanol–water partition coefficient (Wildman–Crippen LogP) is 0.111. The van der Waals surface area contributed by atoms with Crippen molar-refractivity contribution in [1.82, 2.24) is 10.8 Å². The number of hydrogen-bond donors (Lipinski definition) is 2. The van der Waals surface area contributed by atoms with E-state index in [-0.39, 0.29) is 0 Å². The van der Waals surface area contributed by atoms with Crippen LogP contribution in [-0.2, 0) is 9.57 Å². The fourth-order valence-corrected chi connectivity index (χ4v) is 0.634. The summed E-state index contributed by atoms with van der Waals surface area (Å²) in [5.74, 6) is 0. The lowest BCUT2D eigenvalue weighted by Gasteiger charge is -2.04. The first kappa shape index (κ1) is 10.8. The Balaban J connectivity index is 2.69. The van der Waals surface area contributed by atoms with E-state index in [9.17, 15) is 0 Å². The van der Waals surface area contributed by atoms with Crippen LogP contribution in [0.3, 0.4) is 0 Å². The topological polar surface area (TPSA) is 42.5 Å². The maximum atomic E-state index is 4.93. The zero-order valence-electron chi connectivity index (χ0n) is 7.35. The van der Waals surface area contributed by atoms with Gasteiger partial charge in [-0.15, -0.1) is 0 Å². The van der Waals surface area contributed by atoms with Gasteiger partial charge >= 0.3 is 0 Å². The molecule has 0 unspecified atom stereocenters. The molecular weight excluding hydrogens is 144 g/mol. The average Bonchev–Trinajstić information content (AvgIpc) is 2.03. The van der Waals surface area contributed by atoms with Crippen molar-refractivity contribution < 1.29 is 9.57 Å². The van der Waals surface area contributed by atoms with Crippen LogP contribution in [0.15, 0.2) is 0 Å². The lowest BCUT2D eigenvalue weighted by Crippen LogP contribution is -2.23. The van der Waals surface area contributed by atoms with Crippen LogP contribution in [0.25, 0.3) is 0 Å². The minimum atomic E-state index is 0.620. The van der Waals surface area contributed by atoms with E-state index in [0.29, 0.717) is 13.3 Å². The van der Waals surface area contributed by atoms with Gasteiger partial charge in [-0.25, -0.2) is 5.48 Å². The van der Waals surface area contributed by atoms with Gasteiger partial charge in [0.15, 0.2) is 0 Å². The van der Waals surface area contributed by atoms with Crippen LogP contribution in [0.1, 0.15) is 13.3 Å². The molecule has 0 fully saturated rings. The normalized spacial score (nSPS) is 10.4. The van der Waals surface area contributed by atoms with Crippen molar-refractivity contribution in [3.63, 3.8) is 0 Å². The summed E-state index contributed by atoms with van der Waals surface area (Å²) >= 11 is 0. The number of nitrogens with one attached hydrogen (secondary N) is 2. The molecule has 0 rings (SSSR count). The van der Waals surface area contributed by atoms with Crippen LogP contribution in [0.4, 0.5) is 0 Å². The van der Waals surface area contributed by atoms with E-state index < -0.39 is 0 Å². The quantitative estimate of drug-likeness (QED) is 0.302. The molecule has 0 aromatic carbocycles. The van der Waals surface area contributed by atoms with Crippen molar-refractivity contribution in [2.75, 3.05) is 33.5 Å². The van der Waals surface area contributed by atoms with E-state index in [0.717, 1.165) is 19.5 Å². The van der Waals surface area contributed by atoms with Gasteiger partial charge in [0.2, 0.25) is 0 Å². The Kier molecular flexibility index (Phi) is 9.70. The van der Waals surface area contributed by atoms with Gasteiger partial charge < -0.3 is 9.57 Å². The summed E-state index contributed by atoms with van der Waals surface area (Å²) in [5, 5.41) is 3.09. The molecular formula is C7H18N2O2. The molecule has 0 heterocycles. The maximum absolute atomic E-state index is 4.93. The summed E-state index contributed by atoms with van der Waals surface area (Å²) in [4.78, 5) is 4.93. The second-order valence-electron chi connectivity index (χ2n) is 2.11. The number of methoxy groups -OCH3 is 1. The van der Waals surface area contributed by atoms with Gasteiger partial charge in [0.1, 0.15) is 0 Å². The van der Waals surface area contributed by atoms with Crippen LogP contribution < -0.4 is 10.8 Å². The fourth-order valence-electron chi connectivity index (χ4n) is 0.634. The van der Waals surface area contributed by atoms with Crippen LogP contribution in [0.2, 0.25) is 0 Å². The van der Waals surface area contributed by atoms with Crippen LogP contribution in [0, 0.1) is 0 Å². The highest BCUT2D eigenvalue weighted by atomic mass is 16.6. The molecule has 68 valence electrons. The number of ether oxygens (including phenoxy) is 1. The van der Waals surface area contributed by atoms with E-state index in [1.54, 1.807) is 7.11 Å². The van der Waals surface area contributed by atoms with Gasteiger partial charge in [0.05, 0.1) is 13.3 Å². The maximum Gasteiger partial charge on any atom is 0.0961 e. The highest BCUT2D eigenvalue weighted by Crippen LogP contribution is 1.73. The van der Waals surface area contributed by atoms with Gasteiger partial charge in [0.25, 0.3) is 0 Å². The highest BCUT2D eigenvalue weighted by molar-refractivity contribution is 4.42. The first-order chi connectivity index (χ1) is 5.41. The number of rotatable bonds is 8. The molecule has 0 aliphatic carbocycles. The summed E-state index contributed by atoms with van der Waals surface area (Å²) in [6, 6.07) is 0. The smallest absolute Gasteiger partial charge is 0.0961 e. The first-order valence-electron chi connectivity index (χ1n) is 3.96. The molecule has 0 amide bonds. The van der Waals surface area contributed by atoms with Crippen LogP contribution >= 0.6 is 0 Å². The molecule has 0 bridgehead atoms. The van der Waals surface area contributed by atoms with E-state index in [1.165, 1.54) is 0 Å². The Labute approximate surface area is 68.2 Å². The van der Waals surface area contributed by atoms with Crippen LogP contribution in [0.5, 0.6) is 0 Å². The molecule has 0 aromatic heterocycles. The molecule has 2 N–H and O–H groups in total. The van der Waals surface area contributed by atoms with E-state index in [4.69, 9.17) is 9.57 Å². The van der Waals surface area contributed by atoms with Crippen molar-refractivity contribution in [1.29, 1.82) is 0 Å². The average molecular weight is 162 g/mol. The Morgan fingerprint density at radius 1 is 1.27 bits per heavy atom. The molecule has 4 heteroatoms. The van der Waals surface area contributed by atoms with Gasteiger partial charge in [-0.2, -0.15) is 0 Å².